The molecule has 23 heavy (non-hydrogen) atoms. The van der Waals surface area contributed by atoms with Gasteiger partial charge in [0.1, 0.15) is 12.4 Å². The van der Waals surface area contributed by atoms with Crippen LogP contribution in [0.4, 0.5) is 0 Å². The van der Waals surface area contributed by atoms with E-state index in [1.807, 2.05) is 11.1 Å². The second-order valence-corrected chi connectivity index (χ2v) is 6.25. The number of aromatic nitrogens is 2. The number of hydrogen-bond donors (Lipinski definition) is 2. The van der Waals surface area contributed by atoms with Gasteiger partial charge in [0.05, 0.1) is 12.5 Å². The smallest absolute Gasteiger partial charge is 0.309 e. The molecule has 2 fully saturated rings. The molecule has 3 rings (SSSR count). The number of rotatable bonds is 5. The molecule has 1 amide bonds. The molecule has 126 valence electrons. The van der Waals surface area contributed by atoms with Crippen molar-refractivity contribution in [2.75, 3.05) is 32.8 Å². The molecule has 2 heterocycles. The Kier molecular flexibility index (Phi) is 4.63. The van der Waals surface area contributed by atoms with Crippen LogP contribution in [0.5, 0.6) is 0 Å². The third kappa shape index (κ3) is 3.70. The van der Waals surface area contributed by atoms with Crippen molar-refractivity contribution in [2.24, 2.45) is 5.92 Å². The summed E-state index contributed by atoms with van der Waals surface area (Å²) in [6.45, 7) is 1.51. The minimum Gasteiger partial charge on any atom is -0.481 e. The zero-order valence-corrected chi connectivity index (χ0v) is 13.0. The minimum absolute atomic E-state index is 0.141. The molecule has 1 atom stereocenters. The lowest BCUT2D eigenvalue weighted by Gasteiger charge is -2.21. The highest BCUT2D eigenvalue weighted by Crippen LogP contribution is 2.35. The summed E-state index contributed by atoms with van der Waals surface area (Å²) in [4.78, 5) is 31.0. The van der Waals surface area contributed by atoms with Crippen LogP contribution in [-0.2, 0) is 16.1 Å². The van der Waals surface area contributed by atoms with Crippen LogP contribution < -0.4 is 0 Å². The maximum absolute atomic E-state index is 11.7. The number of imidazole rings is 1. The largest absolute Gasteiger partial charge is 0.481 e. The first-order chi connectivity index (χ1) is 11.1. The van der Waals surface area contributed by atoms with Crippen molar-refractivity contribution in [1.82, 2.24) is 19.4 Å². The van der Waals surface area contributed by atoms with Gasteiger partial charge in [0, 0.05) is 44.6 Å². The van der Waals surface area contributed by atoms with Crippen molar-refractivity contribution >= 4 is 11.9 Å². The van der Waals surface area contributed by atoms with Gasteiger partial charge in [-0.25, -0.2) is 4.98 Å². The summed E-state index contributed by atoms with van der Waals surface area (Å²) in [5.41, 5.74) is 0. The number of aliphatic carboxylic acids is 1. The summed E-state index contributed by atoms with van der Waals surface area (Å²) >= 11 is 0. The highest BCUT2D eigenvalue weighted by molar-refractivity contribution is 5.78. The monoisotopic (exact) mass is 322 g/mol. The van der Waals surface area contributed by atoms with E-state index in [1.54, 1.807) is 6.20 Å². The standard InChI is InChI=1S/C15H22N4O4/c20-10-14(21)18-6-5-17(7-11(8-18)15(22)23)9-13-16-3-4-19(13)12-1-2-12/h3-4,11-12,20H,1-2,5-10H2,(H,22,23)/t11-/m1/s1. The molecule has 0 radical (unpaired) electrons. The van der Waals surface area contributed by atoms with Gasteiger partial charge in [0.15, 0.2) is 0 Å². The molecule has 1 saturated carbocycles. The molecule has 1 aliphatic heterocycles. The van der Waals surface area contributed by atoms with E-state index >= 15 is 0 Å². The first kappa shape index (κ1) is 15.9. The lowest BCUT2D eigenvalue weighted by molar-refractivity contribution is -0.144. The van der Waals surface area contributed by atoms with Crippen LogP contribution in [0, 0.1) is 5.92 Å². The Labute approximate surface area is 134 Å². The number of hydrogen-bond acceptors (Lipinski definition) is 5. The Morgan fingerprint density at radius 1 is 1.26 bits per heavy atom. The molecular formula is C15H22N4O4. The number of carbonyl (C=O) groups is 2. The molecule has 0 spiro atoms. The number of carbonyl (C=O) groups excluding carboxylic acids is 1. The molecule has 1 aliphatic carbocycles. The van der Waals surface area contributed by atoms with Crippen molar-refractivity contribution < 1.29 is 19.8 Å². The first-order valence-electron chi connectivity index (χ1n) is 7.94. The Hall–Kier alpha value is -1.93. The Morgan fingerprint density at radius 2 is 2.04 bits per heavy atom. The molecule has 1 saturated heterocycles. The molecule has 0 aromatic carbocycles. The number of amides is 1. The van der Waals surface area contributed by atoms with Gasteiger partial charge >= 0.3 is 5.97 Å². The van der Waals surface area contributed by atoms with Crippen LogP contribution >= 0.6 is 0 Å². The number of carboxylic acid groups (broad SMARTS) is 1. The maximum Gasteiger partial charge on any atom is 0.309 e. The zero-order valence-electron chi connectivity index (χ0n) is 13.0. The second-order valence-electron chi connectivity index (χ2n) is 6.25. The van der Waals surface area contributed by atoms with E-state index in [-0.39, 0.29) is 6.54 Å². The molecule has 0 unspecified atom stereocenters. The van der Waals surface area contributed by atoms with Crippen molar-refractivity contribution in [3.8, 4) is 0 Å². The molecule has 2 aliphatic rings. The third-order valence-electron chi connectivity index (χ3n) is 4.50. The summed E-state index contributed by atoms with van der Waals surface area (Å²) in [5.74, 6) is -1.05. The van der Waals surface area contributed by atoms with Crippen LogP contribution in [-0.4, -0.2) is 74.2 Å². The van der Waals surface area contributed by atoms with Gasteiger partial charge in [-0.05, 0) is 12.8 Å². The zero-order chi connectivity index (χ0) is 16.4. The van der Waals surface area contributed by atoms with Crippen LogP contribution in [0.2, 0.25) is 0 Å². The second kappa shape index (κ2) is 6.67. The number of aliphatic hydroxyl groups is 1. The van der Waals surface area contributed by atoms with Crippen LogP contribution in [0.3, 0.4) is 0 Å². The van der Waals surface area contributed by atoms with Crippen molar-refractivity contribution in [1.29, 1.82) is 0 Å². The van der Waals surface area contributed by atoms with Gasteiger partial charge in [0.2, 0.25) is 5.91 Å². The summed E-state index contributed by atoms with van der Waals surface area (Å²) in [7, 11) is 0. The first-order valence-corrected chi connectivity index (χ1v) is 7.94. The highest BCUT2D eigenvalue weighted by atomic mass is 16.4. The number of nitrogens with zero attached hydrogens (tertiary/aromatic N) is 4. The van der Waals surface area contributed by atoms with E-state index in [2.05, 4.69) is 9.55 Å². The van der Waals surface area contributed by atoms with Gasteiger partial charge in [0.25, 0.3) is 0 Å². The average Bonchev–Trinajstić information content (AvgIpc) is 3.31. The molecule has 8 heteroatoms. The van der Waals surface area contributed by atoms with E-state index in [9.17, 15) is 14.7 Å². The van der Waals surface area contributed by atoms with Gasteiger partial charge in [-0.3, -0.25) is 14.5 Å². The molecule has 0 bridgehead atoms. The lowest BCUT2D eigenvalue weighted by atomic mass is 10.1. The van der Waals surface area contributed by atoms with Crippen LogP contribution in [0.1, 0.15) is 24.7 Å². The fourth-order valence-corrected chi connectivity index (χ4v) is 3.06. The quantitative estimate of drug-likeness (QED) is 0.762. The van der Waals surface area contributed by atoms with E-state index < -0.39 is 24.4 Å². The van der Waals surface area contributed by atoms with Crippen molar-refractivity contribution in [3.63, 3.8) is 0 Å². The fraction of sp³-hybridized carbons (Fsp3) is 0.667. The predicted octanol–water partition coefficient (Wildman–Crippen LogP) is -0.445. The molecule has 1 aromatic rings. The molecule has 1 aromatic heterocycles. The predicted molar refractivity (Wildman–Crippen MR) is 80.6 cm³/mol. The van der Waals surface area contributed by atoms with E-state index in [0.717, 1.165) is 5.82 Å². The van der Waals surface area contributed by atoms with Crippen LogP contribution in [0.25, 0.3) is 0 Å². The van der Waals surface area contributed by atoms with E-state index in [1.165, 1.54) is 17.7 Å². The van der Waals surface area contributed by atoms with E-state index in [4.69, 9.17) is 5.11 Å². The van der Waals surface area contributed by atoms with Gasteiger partial charge in [-0.15, -0.1) is 0 Å². The molecule has 2 N–H and O–H groups in total. The fourth-order valence-electron chi connectivity index (χ4n) is 3.06. The summed E-state index contributed by atoms with van der Waals surface area (Å²) < 4.78 is 2.16. The maximum atomic E-state index is 11.7. The Balaban J connectivity index is 1.70. The third-order valence-corrected chi connectivity index (χ3v) is 4.50. The molecular weight excluding hydrogens is 300 g/mol. The summed E-state index contributed by atoms with van der Waals surface area (Å²) in [6.07, 6.45) is 6.09. The van der Waals surface area contributed by atoms with Gasteiger partial charge < -0.3 is 19.7 Å². The van der Waals surface area contributed by atoms with Gasteiger partial charge in [-0.1, -0.05) is 0 Å². The summed E-state index contributed by atoms with van der Waals surface area (Å²) in [5, 5.41) is 18.4. The normalized spacial score (nSPS) is 22.8. The van der Waals surface area contributed by atoms with Crippen molar-refractivity contribution in [2.45, 2.75) is 25.4 Å². The Bertz CT molecular complexity index is 584. The average molecular weight is 322 g/mol. The topological polar surface area (TPSA) is 98.9 Å². The van der Waals surface area contributed by atoms with Crippen molar-refractivity contribution in [3.05, 3.63) is 18.2 Å². The lowest BCUT2D eigenvalue weighted by Crippen LogP contribution is -2.39. The summed E-state index contributed by atoms with van der Waals surface area (Å²) in [6, 6.07) is 0.530. The minimum atomic E-state index is -0.918. The molecule has 8 nitrogen and oxygen atoms in total. The number of carboxylic acids is 1. The Morgan fingerprint density at radius 3 is 2.70 bits per heavy atom. The highest BCUT2D eigenvalue weighted by Gasteiger charge is 2.31. The van der Waals surface area contributed by atoms with Gasteiger partial charge in [-0.2, -0.15) is 0 Å². The SMILES string of the molecule is O=C(O)[C@@H]1CN(Cc2nccn2C2CC2)CCN(C(=O)CO)C1. The van der Waals surface area contributed by atoms with E-state index in [0.29, 0.717) is 32.2 Å². The van der Waals surface area contributed by atoms with Crippen LogP contribution in [0.15, 0.2) is 12.4 Å². The number of aliphatic hydroxyl groups excluding tert-OH is 1.